The molecule has 1 atom stereocenters. The van der Waals surface area contributed by atoms with E-state index in [1.165, 1.54) is 24.9 Å². The Hall–Kier alpha value is -2.81. The summed E-state index contributed by atoms with van der Waals surface area (Å²) in [5.74, 6) is -0.0965. The molecule has 0 bridgehead atoms. The van der Waals surface area contributed by atoms with Gasteiger partial charge in [0, 0.05) is 23.0 Å². The van der Waals surface area contributed by atoms with Crippen molar-refractivity contribution in [3.63, 3.8) is 0 Å². The maximum absolute atomic E-state index is 13.3. The van der Waals surface area contributed by atoms with Crippen molar-refractivity contribution in [2.75, 3.05) is 12.4 Å². The first kappa shape index (κ1) is 21.4. The summed E-state index contributed by atoms with van der Waals surface area (Å²) in [5.41, 5.74) is 1.88. The van der Waals surface area contributed by atoms with Crippen molar-refractivity contribution in [1.29, 1.82) is 0 Å². The van der Waals surface area contributed by atoms with E-state index in [1.54, 1.807) is 29.2 Å². The summed E-state index contributed by atoms with van der Waals surface area (Å²) >= 11 is 1.46. The smallest absolute Gasteiger partial charge is 0.387 e. The van der Waals surface area contributed by atoms with E-state index < -0.39 is 6.61 Å². The van der Waals surface area contributed by atoms with E-state index >= 15 is 0 Å². The minimum atomic E-state index is -2.95. The van der Waals surface area contributed by atoms with Crippen molar-refractivity contribution in [2.45, 2.75) is 49.1 Å². The van der Waals surface area contributed by atoms with Gasteiger partial charge >= 0.3 is 6.61 Å². The van der Waals surface area contributed by atoms with Gasteiger partial charge in [-0.25, -0.2) is 0 Å². The molecular weight excluding hydrogens is 426 g/mol. The van der Waals surface area contributed by atoms with Gasteiger partial charge in [0.15, 0.2) is 11.5 Å². The highest BCUT2D eigenvalue weighted by Crippen LogP contribution is 2.37. The van der Waals surface area contributed by atoms with Crippen LogP contribution in [0.1, 0.15) is 35.7 Å². The fraction of sp³-hybridized carbons (Fsp3) is 0.364. The van der Waals surface area contributed by atoms with Gasteiger partial charge in [-0.3, -0.25) is 9.59 Å². The molecule has 1 N–H and O–H groups in total. The Morgan fingerprint density at radius 2 is 2.00 bits per heavy atom. The van der Waals surface area contributed by atoms with Gasteiger partial charge in [0.1, 0.15) is 0 Å². The number of hydrogen-bond acceptors (Lipinski definition) is 5. The molecule has 2 aromatic rings. The third kappa shape index (κ3) is 4.76. The monoisotopic (exact) mass is 448 g/mol. The van der Waals surface area contributed by atoms with Gasteiger partial charge in [-0.15, -0.1) is 11.8 Å². The average molecular weight is 448 g/mol. The first-order valence-electron chi connectivity index (χ1n) is 9.90. The second kappa shape index (κ2) is 8.74. The lowest BCUT2D eigenvalue weighted by Gasteiger charge is -2.25. The predicted octanol–water partition coefficient (Wildman–Crippen LogP) is 4.53. The molecule has 0 aromatic heterocycles. The first-order chi connectivity index (χ1) is 14.9. The SMILES string of the molecule is COc1cc(CN(C(=O)c2ccc3c(c2)NC(=O)[C@H](C)S3)C2CC2)ccc1OC(F)F. The third-order valence-corrected chi connectivity index (χ3v) is 6.38. The zero-order chi connectivity index (χ0) is 22.1. The molecule has 164 valence electrons. The topological polar surface area (TPSA) is 67.9 Å². The lowest BCUT2D eigenvalue weighted by Crippen LogP contribution is -2.33. The van der Waals surface area contributed by atoms with Crippen LogP contribution in [0.5, 0.6) is 11.5 Å². The molecule has 0 saturated heterocycles. The maximum Gasteiger partial charge on any atom is 0.387 e. The number of amides is 2. The fourth-order valence-electron chi connectivity index (χ4n) is 3.46. The van der Waals surface area contributed by atoms with Gasteiger partial charge in [-0.1, -0.05) is 6.07 Å². The summed E-state index contributed by atoms with van der Waals surface area (Å²) in [6.07, 6.45) is 1.81. The number of methoxy groups -OCH3 is 1. The van der Waals surface area contributed by atoms with Crippen LogP contribution in [0.2, 0.25) is 0 Å². The number of thioether (sulfide) groups is 1. The Balaban J connectivity index is 1.55. The van der Waals surface area contributed by atoms with E-state index in [1.807, 2.05) is 13.0 Å². The van der Waals surface area contributed by atoms with E-state index in [4.69, 9.17) is 4.74 Å². The number of nitrogens with zero attached hydrogens (tertiary/aromatic N) is 1. The van der Waals surface area contributed by atoms with E-state index in [0.29, 0.717) is 17.8 Å². The Morgan fingerprint density at radius 3 is 2.68 bits per heavy atom. The molecule has 1 heterocycles. The molecule has 9 heteroatoms. The molecule has 0 spiro atoms. The zero-order valence-corrected chi connectivity index (χ0v) is 17.9. The number of carbonyl (C=O) groups is 2. The molecule has 2 amide bonds. The molecule has 2 aromatic carbocycles. The fourth-order valence-corrected chi connectivity index (χ4v) is 4.39. The van der Waals surface area contributed by atoms with E-state index in [-0.39, 0.29) is 34.6 Å². The van der Waals surface area contributed by atoms with Crippen LogP contribution in [-0.2, 0) is 11.3 Å². The van der Waals surface area contributed by atoms with E-state index in [9.17, 15) is 18.4 Å². The highest BCUT2D eigenvalue weighted by atomic mass is 32.2. The molecule has 1 aliphatic heterocycles. The molecular formula is C22H22F2N2O4S. The lowest BCUT2D eigenvalue weighted by molar-refractivity contribution is -0.115. The quantitative estimate of drug-likeness (QED) is 0.674. The number of hydrogen-bond donors (Lipinski definition) is 1. The number of halogens is 2. The molecule has 0 unspecified atom stereocenters. The maximum atomic E-state index is 13.3. The Bertz CT molecular complexity index is 1010. The number of anilines is 1. The Morgan fingerprint density at radius 1 is 1.23 bits per heavy atom. The summed E-state index contributed by atoms with van der Waals surface area (Å²) in [6, 6.07) is 10.1. The summed E-state index contributed by atoms with van der Waals surface area (Å²) in [6.45, 7) is -0.804. The van der Waals surface area contributed by atoms with Crippen LogP contribution >= 0.6 is 11.8 Å². The van der Waals surface area contributed by atoms with Crippen LogP contribution in [0.4, 0.5) is 14.5 Å². The van der Waals surface area contributed by atoms with Crippen LogP contribution in [0.25, 0.3) is 0 Å². The molecule has 1 fully saturated rings. The second-order valence-corrected chi connectivity index (χ2v) is 8.87. The van der Waals surface area contributed by atoms with Crippen molar-refractivity contribution in [3.05, 3.63) is 47.5 Å². The summed E-state index contributed by atoms with van der Waals surface area (Å²) in [7, 11) is 1.38. The minimum Gasteiger partial charge on any atom is -0.493 e. The standard InChI is InChI=1S/C22H22F2N2O4S/c1-12-20(27)25-16-10-14(4-8-19(16)31-12)21(28)26(15-5-6-15)11-13-3-7-17(30-22(23)24)18(9-13)29-2/h3-4,7-10,12,15,22H,5-6,11H2,1-2H3,(H,25,27)/t12-/m0/s1. The van der Waals surface area contributed by atoms with Gasteiger partial charge in [0.2, 0.25) is 5.91 Å². The number of ether oxygens (including phenoxy) is 2. The number of alkyl halides is 2. The van der Waals surface area contributed by atoms with Gasteiger partial charge in [-0.05, 0) is 55.7 Å². The molecule has 1 saturated carbocycles. The number of benzene rings is 2. The minimum absolute atomic E-state index is 0.0531. The molecule has 6 nitrogen and oxygen atoms in total. The number of nitrogens with one attached hydrogen (secondary N) is 1. The van der Waals surface area contributed by atoms with Gasteiger partial charge in [-0.2, -0.15) is 8.78 Å². The number of rotatable bonds is 7. The normalized spacial score (nSPS) is 17.7. The van der Waals surface area contributed by atoms with Crippen LogP contribution in [0.15, 0.2) is 41.3 Å². The number of carbonyl (C=O) groups excluding carboxylic acids is 2. The highest BCUT2D eigenvalue weighted by molar-refractivity contribution is 8.00. The molecule has 31 heavy (non-hydrogen) atoms. The van der Waals surface area contributed by atoms with Crippen molar-refractivity contribution in [2.24, 2.45) is 0 Å². The lowest BCUT2D eigenvalue weighted by atomic mass is 10.1. The largest absolute Gasteiger partial charge is 0.493 e. The van der Waals surface area contributed by atoms with E-state index in [2.05, 4.69) is 10.1 Å². The number of fused-ring (bicyclic) bond motifs is 1. The van der Waals surface area contributed by atoms with E-state index in [0.717, 1.165) is 23.3 Å². The van der Waals surface area contributed by atoms with Crippen molar-refractivity contribution in [3.8, 4) is 11.5 Å². The van der Waals surface area contributed by atoms with Crippen LogP contribution < -0.4 is 14.8 Å². The summed E-state index contributed by atoms with van der Waals surface area (Å²) in [4.78, 5) is 28.0. The van der Waals surface area contributed by atoms with Gasteiger partial charge in [0.25, 0.3) is 5.91 Å². The molecule has 2 aliphatic rings. The highest BCUT2D eigenvalue weighted by Gasteiger charge is 2.34. The first-order valence-corrected chi connectivity index (χ1v) is 10.8. The summed E-state index contributed by atoms with van der Waals surface area (Å²) in [5, 5.41) is 2.68. The molecule has 0 radical (unpaired) electrons. The third-order valence-electron chi connectivity index (χ3n) is 5.20. The van der Waals surface area contributed by atoms with Gasteiger partial charge < -0.3 is 19.7 Å². The van der Waals surface area contributed by atoms with Crippen LogP contribution in [-0.4, -0.2) is 41.7 Å². The summed E-state index contributed by atoms with van der Waals surface area (Å²) < 4.78 is 34.8. The van der Waals surface area contributed by atoms with Crippen LogP contribution in [0, 0.1) is 0 Å². The second-order valence-electron chi connectivity index (χ2n) is 7.49. The zero-order valence-electron chi connectivity index (χ0n) is 17.1. The van der Waals surface area contributed by atoms with Crippen molar-refractivity contribution < 1.29 is 27.8 Å². The molecule has 1 aliphatic carbocycles. The Labute approximate surface area is 182 Å². The van der Waals surface area contributed by atoms with Crippen LogP contribution in [0.3, 0.4) is 0 Å². The molecule has 4 rings (SSSR count). The van der Waals surface area contributed by atoms with Gasteiger partial charge in [0.05, 0.1) is 18.0 Å². The average Bonchev–Trinajstić information content (AvgIpc) is 3.57. The Kier molecular flexibility index (Phi) is 6.04. The predicted molar refractivity (Wildman–Crippen MR) is 113 cm³/mol. The van der Waals surface area contributed by atoms with Crippen molar-refractivity contribution >= 4 is 29.3 Å². The van der Waals surface area contributed by atoms with Crippen molar-refractivity contribution in [1.82, 2.24) is 4.90 Å².